The molecule has 90 valence electrons. The molecule has 6 atom stereocenters. The number of hydrogen-bond acceptors (Lipinski definition) is 3. The highest BCUT2D eigenvalue weighted by Crippen LogP contribution is 2.50. The van der Waals surface area contributed by atoms with Crippen LogP contribution in [0.4, 0.5) is 0 Å². The Morgan fingerprint density at radius 3 is 1.81 bits per heavy atom. The lowest BCUT2D eigenvalue weighted by atomic mass is 9.71. The summed E-state index contributed by atoms with van der Waals surface area (Å²) in [6.45, 7) is 4.93. The van der Waals surface area contributed by atoms with Crippen molar-refractivity contribution in [1.82, 2.24) is 16.0 Å². The monoisotopic (exact) mass is 221 g/mol. The molecule has 0 spiro atoms. The zero-order valence-electron chi connectivity index (χ0n) is 9.91. The molecule has 2 bridgehead atoms. The normalized spacial score (nSPS) is 55.5. The minimum absolute atomic E-state index is 0.773. The lowest BCUT2D eigenvalue weighted by Crippen LogP contribution is -2.60. The molecule has 0 radical (unpaired) electrons. The van der Waals surface area contributed by atoms with Crippen molar-refractivity contribution in [1.29, 1.82) is 0 Å². The van der Waals surface area contributed by atoms with E-state index >= 15 is 0 Å². The van der Waals surface area contributed by atoms with E-state index in [9.17, 15) is 0 Å². The van der Waals surface area contributed by atoms with Crippen LogP contribution in [0.5, 0.6) is 0 Å². The van der Waals surface area contributed by atoms with Gasteiger partial charge in [0.1, 0.15) is 0 Å². The molecule has 3 heteroatoms. The molecule has 2 saturated heterocycles. The van der Waals surface area contributed by atoms with Crippen LogP contribution in [0.1, 0.15) is 19.3 Å². The molecule has 4 rings (SSSR count). The van der Waals surface area contributed by atoms with Crippen molar-refractivity contribution in [3.05, 3.63) is 0 Å². The number of nitrogens with one attached hydrogen (secondary N) is 3. The zero-order chi connectivity index (χ0) is 10.5. The lowest BCUT2D eigenvalue weighted by Gasteiger charge is -2.44. The molecular formula is C13H23N3. The van der Waals surface area contributed by atoms with Crippen LogP contribution in [0.25, 0.3) is 0 Å². The van der Waals surface area contributed by atoms with Gasteiger partial charge in [-0.1, -0.05) is 0 Å². The molecule has 16 heavy (non-hydrogen) atoms. The summed E-state index contributed by atoms with van der Waals surface area (Å²) >= 11 is 0. The predicted octanol–water partition coefficient (Wildman–Crippen LogP) is 0.182. The summed E-state index contributed by atoms with van der Waals surface area (Å²) in [6.07, 6.45) is 4.39. The average molecular weight is 221 g/mol. The van der Waals surface area contributed by atoms with Crippen LogP contribution in [0.3, 0.4) is 0 Å². The molecule has 4 aliphatic rings. The van der Waals surface area contributed by atoms with Gasteiger partial charge in [0.15, 0.2) is 0 Å². The third-order valence-electron chi connectivity index (χ3n) is 5.66. The third kappa shape index (κ3) is 1.38. The molecule has 2 aliphatic carbocycles. The van der Waals surface area contributed by atoms with Crippen molar-refractivity contribution in [3.63, 3.8) is 0 Å². The summed E-state index contributed by atoms with van der Waals surface area (Å²) in [5, 5.41) is 11.1. The summed E-state index contributed by atoms with van der Waals surface area (Å²) in [7, 11) is 0. The van der Waals surface area contributed by atoms with Gasteiger partial charge in [-0.25, -0.2) is 0 Å². The van der Waals surface area contributed by atoms with Gasteiger partial charge in [-0.2, -0.15) is 0 Å². The number of hydrogen-bond donors (Lipinski definition) is 3. The van der Waals surface area contributed by atoms with Crippen molar-refractivity contribution in [3.8, 4) is 0 Å². The second-order valence-corrected chi connectivity index (χ2v) is 6.33. The first-order valence-electron chi connectivity index (χ1n) is 7.09. The molecule has 3 N–H and O–H groups in total. The van der Waals surface area contributed by atoms with Crippen LogP contribution in [0, 0.1) is 23.7 Å². The van der Waals surface area contributed by atoms with Crippen molar-refractivity contribution in [2.45, 2.75) is 31.3 Å². The molecule has 2 heterocycles. The van der Waals surface area contributed by atoms with Gasteiger partial charge in [0.25, 0.3) is 0 Å². The standard InChI is InChI=1S/C13H23N3/c1-2-16-13-5-11-9-3-8(6-14-7-9)10(11)4-12(13)15-1/h8-16H,1-7H2. The molecule has 4 fully saturated rings. The maximum absolute atomic E-state index is 3.73. The van der Waals surface area contributed by atoms with Gasteiger partial charge < -0.3 is 16.0 Å². The first kappa shape index (κ1) is 9.86. The van der Waals surface area contributed by atoms with E-state index in [1.807, 2.05) is 0 Å². The molecule has 0 aromatic rings. The fourth-order valence-electron chi connectivity index (χ4n) is 4.98. The molecule has 6 unspecified atom stereocenters. The van der Waals surface area contributed by atoms with E-state index in [0.29, 0.717) is 0 Å². The maximum atomic E-state index is 3.73. The van der Waals surface area contributed by atoms with Gasteiger partial charge in [0.2, 0.25) is 0 Å². The Morgan fingerprint density at radius 1 is 0.688 bits per heavy atom. The second kappa shape index (κ2) is 3.69. The van der Waals surface area contributed by atoms with Crippen LogP contribution in [0.2, 0.25) is 0 Å². The second-order valence-electron chi connectivity index (χ2n) is 6.33. The highest BCUT2D eigenvalue weighted by atomic mass is 15.1. The number of piperazine rings is 1. The van der Waals surface area contributed by atoms with E-state index in [2.05, 4.69) is 16.0 Å². The third-order valence-corrected chi connectivity index (χ3v) is 5.66. The summed E-state index contributed by atoms with van der Waals surface area (Å²) < 4.78 is 0. The number of rotatable bonds is 0. The van der Waals surface area contributed by atoms with Crippen LogP contribution in [-0.4, -0.2) is 38.3 Å². The molecular weight excluding hydrogens is 198 g/mol. The van der Waals surface area contributed by atoms with Crippen molar-refractivity contribution >= 4 is 0 Å². The quantitative estimate of drug-likeness (QED) is 0.546. The Morgan fingerprint density at radius 2 is 1.25 bits per heavy atom. The van der Waals surface area contributed by atoms with E-state index in [1.165, 1.54) is 45.4 Å². The summed E-state index contributed by atoms with van der Waals surface area (Å²) in [5.74, 6) is 4.03. The van der Waals surface area contributed by atoms with Gasteiger partial charge >= 0.3 is 0 Å². The fraction of sp³-hybridized carbons (Fsp3) is 1.00. The predicted molar refractivity (Wildman–Crippen MR) is 64.3 cm³/mol. The Balaban J connectivity index is 1.57. The number of fused-ring (bicyclic) bond motifs is 6. The average Bonchev–Trinajstić information content (AvgIpc) is 2.59. The molecule has 0 amide bonds. The van der Waals surface area contributed by atoms with Crippen LogP contribution >= 0.6 is 0 Å². The minimum Gasteiger partial charge on any atom is -0.316 e. The van der Waals surface area contributed by atoms with E-state index in [4.69, 9.17) is 0 Å². The van der Waals surface area contributed by atoms with Gasteiger partial charge in [0, 0.05) is 25.2 Å². The molecule has 0 aromatic carbocycles. The Kier molecular flexibility index (Phi) is 2.27. The fourth-order valence-corrected chi connectivity index (χ4v) is 4.98. The molecule has 2 aliphatic heterocycles. The molecule has 3 nitrogen and oxygen atoms in total. The first-order chi connectivity index (χ1) is 7.92. The highest BCUT2D eigenvalue weighted by Gasteiger charge is 2.50. The van der Waals surface area contributed by atoms with E-state index in [0.717, 1.165) is 35.8 Å². The van der Waals surface area contributed by atoms with E-state index in [-0.39, 0.29) is 0 Å². The first-order valence-corrected chi connectivity index (χ1v) is 7.09. The van der Waals surface area contributed by atoms with Crippen molar-refractivity contribution in [2.24, 2.45) is 23.7 Å². The van der Waals surface area contributed by atoms with Gasteiger partial charge in [-0.15, -0.1) is 0 Å². The lowest BCUT2D eigenvalue weighted by molar-refractivity contribution is 0.128. The van der Waals surface area contributed by atoms with Gasteiger partial charge in [-0.05, 0) is 56.0 Å². The van der Waals surface area contributed by atoms with Gasteiger partial charge in [0.05, 0.1) is 0 Å². The SMILES string of the molecule is C1CNC2CC3C4CNCC(C4)C3CC2N1. The van der Waals surface area contributed by atoms with E-state index < -0.39 is 0 Å². The largest absolute Gasteiger partial charge is 0.316 e. The smallest absolute Gasteiger partial charge is 0.0224 e. The minimum atomic E-state index is 0.773. The molecule has 2 saturated carbocycles. The maximum Gasteiger partial charge on any atom is 0.0224 e. The Labute approximate surface area is 97.7 Å². The van der Waals surface area contributed by atoms with Gasteiger partial charge in [-0.3, -0.25) is 0 Å². The Hall–Kier alpha value is -0.120. The van der Waals surface area contributed by atoms with Crippen LogP contribution < -0.4 is 16.0 Å². The highest BCUT2D eigenvalue weighted by molar-refractivity contribution is 5.05. The summed E-state index contributed by atoms with van der Waals surface area (Å²) in [4.78, 5) is 0. The Bertz CT molecular complexity index is 254. The van der Waals surface area contributed by atoms with Crippen molar-refractivity contribution < 1.29 is 0 Å². The summed E-state index contributed by atoms with van der Waals surface area (Å²) in [5.41, 5.74) is 0. The van der Waals surface area contributed by atoms with Crippen LogP contribution in [-0.2, 0) is 0 Å². The number of piperidine rings is 1. The molecule has 0 aromatic heterocycles. The van der Waals surface area contributed by atoms with Crippen molar-refractivity contribution in [2.75, 3.05) is 26.2 Å². The zero-order valence-corrected chi connectivity index (χ0v) is 9.91. The van der Waals surface area contributed by atoms with E-state index in [1.54, 1.807) is 0 Å². The van der Waals surface area contributed by atoms with Crippen LogP contribution in [0.15, 0.2) is 0 Å². The summed E-state index contributed by atoms with van der Waals surface area (Å²) in [6, 6.07) is 1.55. The topological polar surface area (TPSA) is 36.1 Å².